The normalized spacial score (nSPS) is 19.8. The minimum atomic E-state index is -0.866. The standard InChI is InChI=1S/C16H20N2O2/c1-11-9-18(10-13-4-3-7-17(13)2)15-6-5-12(16(19)20)8-14(11)15/h5-6,8-9,13H,3-4,7,10H2,1-2H3,(H,19,20)/t13-/m0/s1. The lowest BCUT2D eigenvalue weighted by molar-refractivity contribution is 0.0697. The topological polar surface area (TPSA) is 45.5 Å². The molecule has 0 radical (unpaired) electrons. The van der Waals surface area contributed by atoms with Gasteiger partial charge in [-0.1, -0.05) is 0 Å². The van der Waals surface area contributed by atoms with Crippen LogP contribution in [0.5, 0.6) is 0 Å². The minimum Gasteiger partial charge on any atom is -0.478 e. The van der Waals surface area contributed by atoms with Crippen molar-refractivity contribution in [3.8, 4) is 0 Å². The van der Waals surface area contributed by atoms with Crippen molar-refractivity contribution in [3.05, 3.63) is 35.5 Å². The van der Waals surface area contributed by atoms with Crippen LogP contribution in [0.15, 0.2) is 24.4 Å². The Balaban J connectivity index is 1.98. The number of benzene rings is 1. The van der Waals surface area contributed by atoms with E-state index in [0.29, 0.717) is 11.6 Å². The smallest absolute Gasteiger partial charge is 0.335 e. The van der Waals surface area contributed by atoms with Gasteiger partial charge in [0.1, 0.15) is 0 Å². The fourth-order valence-electron chi connectivity index (χ4n) is 3.20. The second kappa shape index (κ2) is 4.94. The summed E-state index contributed by atoms with van der Waals surface area (Å²) in [4.78, 5) is 13.5. The summed E-state index contributed by atoms with van der Waals surface area (Å²) in [6, 6.07) is 5.99. The van der Waals surface area contributed by atoms with Gasteiger partial charge >= 0.3 is 5.97 Å². The third-order valence-electron chi connectivity index (χ3n) is 4.41. The zero-order chi connectivity index (χ0) is 14.3. The number of aromatic carboxylic acids is 1. The summed E-state index contributed by atoms with van der Waals surface area (Å²) in [5.74, 6) is -0.866. The summed E-state index contributed by atoms with van der Waals surface area (Å²) >= 11 is 0. The largest absolute Gasteiger partial charge is 0.478 e. The lowest BCUT2D eigenvalue weighted by Gasteiger charge is -2.20. The first-order valence-corrected chi connectivity index (χ1v) is 7.09. The van der Waals surface area contributed by atoms with Crippen LogP contribution in [0, 0.1) is 6.92 Å². The Morgan fingerprint density at radius 2 is 2.25 bits per heavy atom. The Labute approximate surface area is 118 Å². The lowest BCUT2D eigenvalue weighted by atomic mass is 10.1. The number of aromatic nitrogens is 1. The van der Waals surface area contributed by atoms with Crippen LogP contribution in [0.25, 0.3) is 10.9 Å². The molecule has 0 unspecified atom stereocenters. The molecule has 1 aromatic carbocycles. The van der Waals surface area contributed by atoms with E-state index in [-0.39, 0.29) is 0 Å². The van der Waals surface area contributed by atoms with E-state index < -0.39 is 5.97 Å². The molecule has 1 saturated heterocycles. The SMILES string of the molecule is Cc1cn(C[C@@H]2CCCN2C)c2ccc(C(=O)O)cc12. The predicted molar refractivity (Wildman–Crippen MR) is 79.3 cm³/mol. The molecule has 4 nitrogen and oxygen atoms in total. The molecule has 3 rings (SSSR count). The second-order valence-corrected chi connectivity index (χ2v) is 5.78. The van der Waals surface area contributed by atoms with Crippen LogP contribution in [0.1, 0.15) is 28.8 Å². The molecule has 0 aliphatic carbocycles. The van der Waals surface area contributed by atoms with Gasteiger partial charge in [-0.3, -0.25) is 0 Å². The molecule has 1 atom stereocenters. The van der Waals surface area contributed by atoms with Crippen molar-refractivity contribution in [1.82, 2.24) is 9.47 Å². The zero-order valence-corrected chi connectivity index (χ0v) is 12.0. The van der Waals surface area contributed by atoms with E-state index in [1.165, 1.54) is 19.4 Å². The van der Waals surface area contributed by atoms with Gasteiger partial charge in [-0.2, -0.15) is 0 Å². The summed E-state index contributed by atoms with van der Waals surface area (Å²) in [5, 5.41) is 10.1. The fraction of sp³-hybridized carbons (Fsp3) is 0.438. The van der Waals surface area contributed by atoms with Crippen LogP contribution in [-0.2, 0) is 6.54 Å². The molecule has 1 N–H and O–H groups in total. The summed E-state index contributed by atoms with van der Waals surface area (Å²) in [6.45, 7) is 4.20. The number of hydrogen-bond donors (Lipinski definition) is 1. The monoisotopic (exact) mass is 272 g/mol. The van der Waals surface area contributed by atoms with Gasteiger partial charge in [0.2, 0.25) is 0 Å². The molecule has 0 amide bonds. The van der Waals surface area contributed by atoms with Crippen LogP contribution in [0.3, 0.4) is 0 Å². The maximum Gasteiger partial charge on any atom is 0.335 e. The number of likely N-dealkylation sites (tertiary alicyclic amines) is 1. The molecule has 1 aliphatic rings. The van der Waals surface area contributed by atoms with Gasteiger partial charge in [-0.15, -0.1) is 0 Å². The summed E-state index contributed by atoms with van der Waals surface area (Å²) in [6.07, 6.45) is 4.65. The number of aryl methyl sites for hydroxylation is 1. The van der Waals surface area contributed by atoms with Crippen molar-refractivity contribution in [2.75, 3.05) is 13.6 Å². The molecule has 1 aliphatic heterocycles. The Kier molecular flexibility index (Phi) is 3.26. The molecule has 0 spiro atoms. The number of carboxylic acids is 1. The highest BCUT2D eigenvalue weighted by Crippen LogP contribution is 2.25. The van der Waals surface area contributed by atoms with Crippen LogP contribution < -0.4 is 0 Å². The number of fused-ring (bicyclic) bond motifs is 1. The van der Waals surface area contributed by atoms with Gasteiger partial charge in [0.15, 0.2) is 0 Å². The van der Waals surface area contributed by atoms with Gasteiger partial charge in [0.05, 0.1) is 5.56 Å². The van der Waals surface area contributed by atoms with Crippen molar-refractivity contribution in [1.29, 1.82) is 0 Å². The summed E-state index contributed by atoms with van der Waals surface area (Å²) < 4.78 is 2.27. The van der Waals surface area contributed by atoms with E-state index >= 15 is 0 Å². The quantitative estimate of drug-likeness (QED) is 0.934. The highest BCUT2D eigenvalue weighted by Gasteiger charge is 2.22. The average molecular weight is 272 g/mol. The molecule has 1 fully saturated rings. The first kappa shape index (κ1) is 13.2. The maximum absolute atomic E-state index is 11.1. The first-order valence-electron chi connectivity index (χ1n) is 7.09. The van der Waals surface area contributed by atoms with Crippen molar-refractivity contribution in [2.45, 2.75) is 32.4 Å². The average Bonchev–Trinajstić information content (AvgIpc) is 2.95. The van der Waals surface area contributed by atoms with E-state index in [4.69, 9.17) is 5.11 Å². The molecular weight excluding hydrogens is 252 g/mol. The number of carboxylic acid groups (broad SMARTS) is 1. The van der Waals surface area contributed by atoms with Crippen molar-refractivity contribution < 1.29 is 9.90 Å². The van der Waals surface area contributed by atoms with Crippen molar-refractivity contribution in [3.63, 3.8) is 0 Å². The zero-order valence-electron chi connectivity index (χ0n) is 12.0. The third kappa shape index (κ3) is 2.20. The number of nitrogens with zero attached hydrogens (tertiary/aromatic N) is 2. The predicted octanol–water partition coefficient (Wildman–Crippen LogP) is 2.74. The van der Waals surface area contributed by atoms with Crippen molar-refractivity contribution in [2.24, 2.45) is 0 Å². The summed E-state index contributed by atoms with van der Waals surface area (Å²) in [7, 11) is 2.18. The third-order valence-corrected chi connectivity index (χ3v) is 4.41. The van der Waals surface area contributed by atoms with Gasteiger partial charge in [-0.05, 0) is 57.1 Å². The molecule has 0 bridgehead atoms. The molecule has 20 heavy (non-hydrogen) atoms. The highest BCUT2D eigenvalue weighted by atomic mass is 16.4. The summed E-state index contributed by atoms with van der Waals surface area (Å²) in [5.41, 5.74) is 2.63. The molecular formula is C16H20N2O2. The van der Waals surface area contributed by atoms with E-state index in [0.717, 1.165) is 23.0 Å². The molecule has 2 heterocycles. The minimum absolute atomic E-state index is 0.358. The Morgan fingerprint density at radius 3 is 2.90 bits per heavy atom. The Bertz CT molecular complexity index is 660. The van der Waals surface area contributed by atoms with Gasteiger partial charge in [0, 0.05) is 29.7 Å². The molecule has 2 aromatic rings. The number of likely N-dealkylation sites (N-methyl/N-ethyl adjacent to an activating group) is 1. The van der Waals surface area contributed by atoms with E-state index in [2.05, 4.69) is 22.7 Å². The fourth-order valence-corrected chi connectivity index (χ4v) is 3.20. The van der Waals surface area contributed by atoms with Gasteiger partial charge < -0.3 is 14.6 Å². The molecule has 1 aromatic heterocycles. The van der Waals surface area contributed by atoms with Crippen LogP contribution in [0.2, 0.25) is 0 Å². The van der Waals surface area contributed by atoms with Gasteiger partial charge in [-0.25, -0.2) is 4.79 Å². The lowest BCUT2D eigenvalue weighted by Crippen LogP contribution is -2.29. The maximum atomic E-state index is 11.1. The van der Waals surface area contributed by atoms with E-state index in [1.807, 2.05) is 13.0 Å². The van der Waals surface area contributed by atoms with Crippen LogP contribution in [-0.4, -0.2) is 40.2 Å². The van der Waals surface area contributed by atoms with Crippen LogP contribution >= 0.6 is 0 Å². The molecule has 106 valence electrons. The molecule has 4 heteroatoms. The first-order chi connectivity index (χ1) is 9.56. The number of rotatable bonds is 3. The van der Waals surface area contributed by atoms with E-state index in [9.17, 15) is 4.79 Å². The van der Waals surface area contributed by atoms with Crippen molar-refractivity contribution >= 4 is 16.9 Å². The van der Waals surface area contributed by atoms with Gasteiger partial charge in [0.25, 0.3) is 0 Å². The second-order valence-electron chi connectivity index (χ2n) is 5.78. The number of hydrogen-bond acceptors (Lipinski definition) is 2. The highest BCUT2D eigenvalue weighted by molar-refractivity contribution is 5.94. The van der Waals surface area contributed by atoms with E-state index in [1.54, 1.807) is 12.1 Å². The number of carbonyl (C=O) groups is 1. The Hall–Kier alpha value is -1.81. The Morgan fingerprint density at radius 1 is 1.45 bits per heavy atom. The van der Waals surface area contributed by atoms with Crippen LogP contribution in [0.4, 0.5) is 0 Å². The molecule has 0 saturated carbocycles.